The molecule has 7 heavy (non-hydrogen) atoms. The molecular weight excluding hydrogens is 234 g/mol. The van der Waals surface area contributed by atoms with E-state index < -0.39 is 20.5 Å². The van der Waals surface area contributed by atoms with Gasteiger partial charge in [-0.15, -0.1) is 0 Å². The van der Waals surface area contributed by atoms with Crippen molar-refractivity contribution in [1.29, 1.82) is 0 Å². The van der Waals surface area contributed by atoms with Gasteiger partial charge in [0, 0.05) is 0 Å². The van der Waals surface area contributed by atoms with Crippen LogP contribution >= 0.6 is 17.2 Å². The fourth-order valence-corrected chi connectivity index (χ4v) is 0. The van der Waals surface area contributed by atoms with E-state index >= 15 is 0 Å². The van der Waals surface area contributed by atoms with Crippen LogP contribution in [0.3, 0.4) is 0 Å². The Bertz CT molecular complexity index is 17.2. The van der Waals surface area contributed by atoms with Crippen molar-refractivity contribution in [3.8, 4) is 0 Å². The van der Waals surface area contributed by atoms with Gasteiger partial charge in [0.2, 0.25) is 0 Å². The first-order valence-corrected chi connectivity index (χ1v) is 12.5. The van der Waals surface area contributed by atoms with Crippen LogP contribution in [0.2, 0.25) is 0 Å². The molecule has 0 nitrogen and oxygen atoms in total. The summed E-state index contributed by atoms with van der Waals surface area (Å²) in [6.45, 7) is 5.72. The van der Waals surface area contributed by atoms with E-state index in [0.29, 0.717) is 0 Å². The predicted molar refractivity (Wildman–Crippen MR) is 39.1 cm³/mol. The van der Waals surface area contributed by atoms with Gasteiger partial charge in [-0.25, -0.2) is 0 Å². The summed E-state index contributed by atoms with van der Waals surface area (Å²) in [5.41, 5.74) is 0. The Morgan fingerprint density at radius 1 is 1.57 bits per heavy atom. The standard InChI is InChI=1S/C4H9.2ClH.In.H/c1-3-4-2;;;;/h1,3-4H2,2H3;2*1H;;/q;;;+2;/p-2. The summed E-state index contributed by atoms with van der Waals surface area (Å²) < 4.78 is 0. The van der Waals surface area contributed by atoms with Gasteiger partial charge in [0.25, 0.3) is 0 Å². The summed E-state index contributed by atoms with van der Waals surface area (Å²) in [4.78, 5) is 0. The topological polar surface area (TPSA) is 0 Å². The first-order valence-electron chi connectivity index (χ1n) is 2.24. The molecule has 0 saturated heterocycles. The summed E-state index contributed by atoms with van der Waals surface area (Å²) in [6, 6.07) is 0. The van der Waals surface area contributed by atoms with E-state index in [4.69, 9.17) is 17.2 Å². The van der Waals surface area contributed by atoms with Crippen molar-refractivity contribution in [1.82, 2.24) is 0 Å². The molecule has 0 saturated carbocycles. The van der Waals surface area contributed by atoms with Crippen LogP contribution in [-0.4, -0.2) is 20.5 Å². The van der Waals surface area contributed by atoms with E-state index in [-0.39, 0.29) is 0 Å². The number of hydrogen-bond donors (Lipinski definition) is 0. The van der Waals surface area contributed by atoms with E-state index in [1.807, 2.05) is 0 Å². The maximum atomic E-state index is 4.97. The van der Waals surface area contributed by atoms with Crippen LogP contribution in [0.4, 0.5) is 0 Å². The summed E-state index contributed by atoms with van der Waals surface area (Å²) in [7, 11) is 9.95. The zero-order valence-electron chi connectivity index (χ0n) is 4.58. The van der Waals surface area contributed by atoms with Crippen molar-refractivity contribution in [3.05, 3.63) is 6.92 Å². The van der Waals surface area contributed by atoms with Crippen molar-refractivity contribution >= 4 is 37.7 Å². The number of hydrogen-bond acceptors (Lipinski definition) is 0. The van der Waals surface area contributed by atoms with Crippen LogP contribution in [0.25, 0.3) is 0 Å². The van der Waals surface area contributed by atoms with Crippen LogP contribution in [-0.2, 0) is 0 Å². The predicted octanol–water partition coefficient (Wildman–Crippen LogP) is 2.35. The minimum atomic E-state index is -1.07. The molecule has 0 bridgehead atoms. The molecule has 0 fully saturated rings. The molecule has 0 heterocycles. The van der Waals surface area contributed by atoms with Crippen LogP contribution in [0.1, 0.15) is 19.8 Å². The summed E-state index contributed by atoms with van der Waals surface area (Å²) in [5.74, 6) is 0. The normalized spacial score (nSPS) is 6.29. The van der Waals surface area contributed by atoms with Crippen molar-refractivity contribution < 1.29 is 0 Å². The zero-order chi connectivity index (χ0) is 6.12. The molecule has 0 aliphatic carbocycles. The Balaban J connectivity index is 0. The van der Waals surface area contributed by atoms with Gasteiger partial charge in [-0.1, -0.05) is 26.7 Å². The van der Waals surface area contributed by atoms with Crippen molar-refractivity contribution in [3.63, 3.8) is 0 Å². The summed E-state index contributed by atoms with van der Waals surface area (Å²) >= 11 is -1.07. The number of halogens is 2. The van der Waals surface area contributed by atoms with Gasteiger partial charge < -0.3 is 0 Å². The fourth-order valence-electron chi connectivity index (χ4n) is 0. The van der Waals surface area contributed by atoms with E-state index in [1.165, 1.54) is 6.42 Å². The zero-order valence-corrected chi connectivity index (χ0v) is 10.1. The molecule has 1 radical (unpaired) electrons. The Morgan fingerprint density at radius 3 is 1.71 bits per heavy atom. The second-order valence-corrected chi connectivity index (χ2v) is 6.95. The number of rotatable bonds is 1. The van der Waals surface area contributed by atoms with Gasteiger partial charge in [-0.05, 0) is 0 Å². The van der Waals surface area contributed by atoms with Crippen LogP contribution < -0.4 is 0 Å². The van der Waals surface area contributed by atoms with E-state index in [9.17, 15) is 0 Å². The second-order valence-electron chi connectivity index (χ2n) is 0.955. The molecule has 0 aliphatic rings. The Morgan fingerprint density at radius 2 is 1.71 bits per heavy atom. The van der Waals surface area contributed by atoms with Gasteiger partial charge in [0.05, 0.1) is 0 Å². The third-order valence-electron chi connectivity index (χ3n) is 0.354. The van der Waals surface area contributed by atoms with E-state index in [0.717, 1.165) is 6.42 Å². The quantitative estimate of drug-likeness (QED) is 0.664. The minimum absolute atomic E-state index is 1.07. The molecule has 0 spiro atoms. The van der Waals surface area contributed by atoms with Crippen LogP contribution in [0.5, 0.6) is 0 Å². The van der Waals surface area contributed by atoms with Crippen molar-refractivity contribution in [2.45, 2.75) is 19.8 Å². The van der Waals surface area contributed by atoms with Gasteiger partial charge in [0.1, 0.15) is 0 Å². The van der Waals surface area contributed by atoms with Gasteiger partial charge in [-0.3, -0.25) is 0 Å². The molecular formula is C4H10Cl2In. The molecule has 0 aromatic heterocycles. The van der Waals surface area contributed by atoms with Crippen LogP contribution in [0.15, 0.2) is 0 Å². The molecule has 0 atom stereocenters. The molecule has 43 valence electrons. The summed E-state index contributed by atoms with van der Waals surface area (Å²) in [5, 5.41) is 0. The molecule has 0 aromatic rings. The second kappa shape index (κ2) is 15.7. The molecule has 0 rings (SSSR count). The third kappa shape index (κ3) is 36.9. The maximum absolute atomic E-state index is 4.97. The van der Waals surface area contributed by atoms with Crippen molar-refractivity contribution in [2.24, 2.45) is 0 Å². The Labute approximate surface area is 64.1 Å². The first kappa shape index (κ1) is 11.3. The Kier molecular flexibility index (Phi) is 25.2. The van der Waals surface area contributed by atoms with Gasteiger partial charge in [0.15, 0.2) is 0 Å². The molecule has 0 amide bonds. The molecule has 0 aromatic carbocycles. The van der Waals surface area contributed by atoms with Gasteiger partial charge >= 0.3 is 37.7 Å². The van der Waals surface area contributed by atoms with E-state index in [1.54, 1.807) is 0 Å². The Hall–Kier alpha value is 1.45. The first-order chi connectivity index (χ1) is 3.33. The molecule has 0 N–H and O–H groups in total. The van der Waals surface area contributed by atoms with Crippen molar-refractivity contribution in [2.75, 3.05) is 0 Å². The van der Waals surface area contributed by atoms with Gasteiger partial charge in [-0.2, -0.15) is 0 Å². The number of unbranched alkanes of at least 4 members (excludes halogenated alkanes) is 1. The average Bonchev–Trinajstić information content (AvgIpc) is 1.69. The fraction of sp³-hybridized carbons (Fsp3) is 0.750. The molecule has 3 heteroatoms. The molecule has 0 aliphatic heterocycles. The summed E-state index contributed by atoms with van der Waals surface area (Å²) in [6.07, 6.45) is 2.28. The van der Waals surface area contributed by atoms with E-state index in [2.05, 4.69) is 13.8 Å². The average molecular weight is 244 g/mol. The molecule has 0 unspecified atom stereocenters. The SMILES string of the molecule is [CH2]CCC.[Cl][InH][Cl]. The monoisotopic (exact) mass is 243 g/mol. The van der Waals surface area contributed by atoms with Crippen LogP contribution in [0, 0.1) is 6.92 Å². The third-order valence-corrected chi connectivity index (χ3v) is 0.354.